The first kappa shape index (κ1) is 22.3. The quantitative estimate of drug-likeness (QED) is 0.374. The van der Waals surface area contributed by atoms with E-state index >= 15 is 0 Å². The summed E-state index contributed by atoms with van der Waals surface area (Å²) in [5.41, 5.74) is 1.17. The zero-order valence-corrected chi connectivity index (χ0v) is 18.2. The Morgan fingerprint density at radius 3 is 2.33 bits per heavy atom. The number of nitrogens with zero attached hydrogens (tertiary/aromatic N) is 1. The summed E-state index contributed by atoms with van der Waals surface area (Å²) < 4.78 is 20.2. The highest BCUT2D eigenvalue weighted by Gasteiger charge is 2.23. The first-order valence-electron chi connectivity index (χ1n) is 11.6. The van der Waals surface area contributed by atoms with Crippen LogP contribution in [-0.2, 0) is 0 Å². The molecule has 0 aliphatic heterocycles. The van der Waals surface area contributed by atoms with Crippen molar-refractivity contribution in [1.82, 2.24) is 0 Å². The minimum Gasteiger partial charge on any atom is -0.486 e. The van der Waals surface area contributed by atoms with Crippen molar-refractivity contribution in [2.45, 2.75) is 77.2 Å². The van der Waals surface area contributed by atoms with E-state index in [-0.39, 0.29) is 11.7 Å². The van der Waals surface area contributed by atoms with Crippen LogP contribution in [0.3, 0.4) is 0 Å². The Kier molecular flexibility index (Phi) is 8.75. The third kappa shape index (κ3) is 6.59. The summed E-state index contributed by atoms with van der Waals surface area (Å²) in [5, 5.41) is 8.95. The highest BCUT2D eigenvalue weighted by atomic mass is 19.1. The predicted octanol–water partition coefficient (Wildman–Crippen LogP) is 7.98. The number of ether oxygens (including phenoxy) is 1. The second-order valence-corrected chi connectivity index (χ2v) is 8.73. The van der Waals surface area contributed by atoms with Crippen LogP contribution in [0.5, 0.6) is 5.75 Å². The molecule has 2 aromatic carbocycles. The van der Waals surface area contributed by atoms with Crippen molar-refractivity contribution in [3.63, 3.8) is 0 Å². The van der Waals surface area contributed by atoms with E-state index in [1.807, 2.05) is 24.3 Å². The summed E-state index contributed by atoms with van der Waals surface area (Å²) in [4.78, 5) is 0. The third-order valence-corrected chi connectivity index (χ3v) is 6.53. The highest BCUT2D eigenvalue weighted by molar-refractivity contribution is 5.36. The molecule has 0 amide bonds. The Balaban J connectivity index is 1.57. The lowest BCUT2D eigenvalue weighted by molar-refractivity contribution is 0.167. The van der Waals surface area contributed by atoms with Gasteiger partial charge in [-0.25, -0.2) is 4.39 Å². The van der Waals surface area contributed by atoms with Crippen LogP contribution in [0.1, 0.15) is 88.4 Å². The van der Waals surface area contributed by atoms with Crippen LogP contribution < -0.4 is 4.74 Å². The molecule has 0 heterocycles. The maximum absolute atomic E-state index is 14.0. The average molecular weight is 408 g/mol. The normalized spacial score (nSPS) is 19.8. The Bertz CT molecular complexity index is 805. The van der Waals surface area contributed by atoms with E-state index in [0.29, 0.717) is 5.75 Å². The van der Waals surface area contributed by atoms with Crippen molar-refractivity contribution >= 4 is 0 Å². The van der Waals surface area contributed by atoms with E-state index in [2.05, 4.69) is 19.1 Å². The third-order valence-electron chi connectivity index (χ3n) is 6.53. The fourth-order valence-corrected chi connectivity index (χ4v) is 4.66. The second-order valence-electron chi connectivity index (χ2n) is 8.73. The molecule has 0 saturated heterocycles. The SMILES string of the molecule is CCCCC[C@H]1CC[C@H](CCC(Oc2ccc(C#N)c(F)c2)c2ccccc2)CC1. The summed E-state index contributed by atoms with van der Waals surface area (Å²) in [6, 6.07) is 16.6. The lowest BCUT2D eigenvalue weighted by Crippen LogP contribution is -2.16. The van der Waals surface area contributed by atoms with Crippen LogP contribution >= 0.6 is 0 Å². The summed E-state index contributed by atoms with van der Waals surface area (Å²) in [6.07, 6.45) is 12.8. The predicted molar refractivity (Wildman–Crippen MR) is 120 cm³/mol. The molecular formula is C27H34FNO. The van der Waals surface area contributed by atoms with Crippen LogP contribution in [0.4, 0.5) is 4.39 Å². The van der Waals surface area contributed by atoms with Crippen molar-refractivity contribution in [2.24, 2.45) is 11.8 Å². The molecular weight excluding hydrogens is 373 g/mol. The molecule has 1 atom stereocenters. The molecule has 0 aromatic heterocycles. The van der Waals surface area contributed by atoms with Gasteiger partial charge in [0.2, 0.25) is 0 Å². The Morgan fingerprint density at radius 1 is 1.00 bits per heavy atom. The van der Waals surface area contributed by atoms with Gasteiger partial charge in [-0.05, 0) is 42.4 Å². The highest BCUT2D eigenvalue weighted by Crippen LogP contribution is 2.36. The Labute approximate surface area is 181 Å². The van der Waals surface area contributed by atoms with Crippen molar-refractivity contribution in [1.29, 1.82) is 5.26 Å². The maximum atomic E-state index is 14.0. The molecule has 3 heteroatoms. The van der Waals surface area contributed by atoms with Crippen molar-refractivity contribution in [2.75, 3.05) is 0 Å². The Hall–Kier alpha value is -2.34. The van der Waals surface area contributed by atoms with Gasteiger partial charge in [0, 0.05) is 6.07 Å². The van der Waals surface area contributed by atoms with E-state index in [0.717, 1.165) is 30.2 Å². The van der Waals surface area contributed by atoms with Crippen LogP contribution in [0.25, 0.3) is 0 Å². The van der Waals surface area contributed by atoms with Gasteiger partial charge < -0.3 is 4.74 Å². The molecule has 1 fully saturated rings. The average Bonchev–Trinajstić information content (AvgIpc) is 2.78. The van der Waals surface area contributed by atoms with Crippen LogP contribution in [0.15, 0.2) is 48.5 Å². The molecule has 0 N–H and O–H groups in total. The summed E-state index contributed by atoms with van der Waals surface area (Å²) >= 11 is 0. The minimum atomic E-state index is -0.525. The van der Waals surface area contributed by atoms with Gasteiger partial charge in [0.15, 0.2) is 0 Å². The number of unbranched alkanes of at least 4 members (excludes halogenated alkanes) is 2. The van der Waals surface area contributed by atoms with Gasteiger partial charge in [0.05, 0.1) is 5.56 Å². The van der Waals surface area contributed by atoms with Gasteiger partial charge in [-0.15, -0.1) is 0 Å². The standard InChI is InChI=1S/C27H34FNO/c1-2-3-5-8-21-11-13-22(14-12-21)15-18-27(23-9-6-4-7-10-23)30-25-17-16-24(20-29)26(28)19-25/h4,6-7,9-10,16-17,19,21-22,27H,2-3,5,8,11-15,18H2,1H3/t21-,22-,27?. The summed E-state index contributed by atoms with van der Waals surface area (Å²) in [6.45, 7) is 2.27. The molecule has 0 bridgehead atoms. The van der Waals surface area contributed by atoms with E-state index in [1.54, 1.807) is 6.07 Å². The maximum Gasteiger partial charge on any atom is 0.144 e. The number of rotatable bonds is 10. The monoisotopic (exact) mass is 407 g/mol. The minimum absolute atomic E-state index is 0.0503. The van der Waals surface area contributed by atoms with Crippen LogP contribution in [0, 0.1) is 29.0 Å². The van der Waals surface area contributed by atoms with E-state index in [4.69, 9.17) is 10.00 Å². The molecule has 2 aromatic rings. The zero-order chi connectivity index (χ0) is 21.2. The molecule has 1 saturated carbocycles. The number of halogens is 1. The van der Waals surface area contributed by atoms with Gasteiger partial charge in [0.1, 0.15) is 23.7 Å². The molecule has 160 valence electrons. The Morgan fingerprint density at radius 2 is 1.70 bits per heavy atom. The summed E-state index contributed by atoms with van der Waals surface area (Å²) in [7, 11) is 0. The fraction of sp³-hybridized carbons (Fsp3) is 0.519. The molecule has 0 spiro atoms. The van der Waals surface area contributed by atoms with Crippen molar-refractivity contribution in [3.05, 3.63) is 65.5 Å². The molecule has 3 rings (SSSR count). The van der Waals surface area contributed by atoms with E-state index in [9.17, 15) is 4.39 Å². The smallest absolute Gasteiger partial charge is 0.144 e. The first-order chi connectivity index (χ1) is 14.7. The van der Waals surface area contributed by atoms with Gasteiger partial charge in [-0.1, -0.05) is 88.6 Å². The van der Waals surface area contributed by atoms with Gasteiger partial charge in [0.25, 0.3) is 0 Å². The second kappa shape index (κ2) is 11.7. The molecule has 1 unspecified atom stereocenters. The van der Waals surface area contributed by atoms with Crippen molar-refractivity contribution < 1.29 is 9.13 Å². The molecule has 1 aliphatic rings. The van der Waals surface area contributed by atoms with Gasteiger partial charge in [-0.3, -0.25) is 0 Å². The number of hydrogen-bond donors (Lipinski definition) is 0. The van der Waals surface area contributed by atoms with Crippen LogP contribution in [0.2, 0.25) is 0 Å². The first-order valence-corrected chi connectivity index (χ1v) is 11.6. The summed E-state index contributed by atoms with van der Waals surface area (Å²) in [5.74, 6) is 1.65. The van der Waals surface area contributed by atoms with Gasteiger partial charge in [-0.2, -0.15) is 5.26 Å². The number of benzene rings is 2. The van der Waals surface area contributed by atoms with E-state index in [1.165, 1.54) is 63.5 Å². The fourth-order valence-electron chi connectivity index (χ4n) is 4.66. The molecule has 1 aliphatic carbocycles. The number of hydrogen-bond acceptors (Lipinski definition) is 2. The van der Waals surface area contributed by atoms with Crippen LogP contribution in [-0.4, -0.2) is 0 Å². The molecule has 0 radical (unpaired) electrons. The van der Waals surface area contributed by atoms with Crippen molar-refractivity contribution in [3.8, 4) is 11.8 Å². The van der Waals surface area contributed by atoms with E-state index < -0.39 is 5.82 Å². The molecule has 2 nitrogen and oxygen atoms in total. The lowest BCUT2D eigenvalue weighted by Gasteiger charge is -2.30. The zero-order valence-electron chi connectivity index (χ0n) is 18.2. The van der Waals surface area contributed by atoms with Gasteiger partial charge >= 0.3 is 0 Å². The number of nitriles is 1. The largest absolute Gasteiger partial charge is 0.486 e. The topological polar surface area (TPSA) is 33.0 Å². The lowest BCUT2D eigenvalue weighted by atomic mass is 9.77. The molecule has 30 heavy (non-hydrogen) atoms.